The summed E-state index contributed by atoms with van der Waals surface area (Å²) in [5.41, 5.74) is 5.50. The molecule has 2 aliphatic carbocycles. The number of hydrogen-bond acceptors (Lipinski definition) is 8. The van der Waals surface area contributed by atoms with Crippen LogP contribution in [0.15, 0.2) is 12.7 Å². The van der Waals surface area contributed by atoms with Gasteiger partial charge in [0.15, 0.2) is 17.2 Å². The zero-order valence-electron chi connectivity index (χ0n) is 17.0. The molecule has 9 heteroatoms. The van der Waals surface area contributed by atoms with Gasteiger partial charge >= 0.3 is 0 Å². The van der Waals surface area contributed by atoms with Crippen molar-refractivity contribution in [2.24, 2.45) is 22.7 Å². The molecule has 0 radical (unpaired) electrons. The monoisotopic (exact) mass is 403 g/mol. The van der Waals surface area contributed by atoms with Crippen molar-refractivity contribution in [1.29, 1.82) is 0 Å². The molecule has 29 heavy (non-hydrogen) atoms. The van der Waals surface area contributed by atoms with Gasteiger partial charge in [-0.25, -0.2) is 15.0 Å². The van der Waals surface area contributed by atoms with Crippen molar-refractivity contribution < 1.29 is 20.1 Å². The Balaban J connectivity index is 1.75. The van der Waals surface area contributed by atoms with Gasteiger partial charge in [-0.2, -0.15) is 0 Å². The number of imidazole rings is 1. The van der Waals surface area contributed by atoms with Crippen LogP contribution in [0, 0.1) is 22.7 Å². The summed E-state index contributed by atoms with van der Waals surface area (Å²) in [5, 5.41) is 31.9. The van der Waals surface area contributed by atoms with Gasteiger partial charge in [0.1, 0.15) is 30.2 Å². The topological polar surface area (TPSA) is 140 Å². The third kappa shape index (κ3) is 2.11. The first-order valence-corrected chi connectivity index (χ1v) is 10.3. The molecule has 3 fully saturated rings. The van der Waals surface area contributed by atoms with Crippen molar-refractivity contribution in [3.05, 3.63) is 12.7 Å². The molecule has 3 heterocycles. The van der Waals surface area contributed by atoms with E-state index in [0.29, 0.717) is 17.1 Å². The van der Waals surface area contributed by atoms with E-state index in [2.05, 4.69) is 35.7 Å². The lowest BCUT2D eigenvalue weighted by molar-refractivity contribution is -0.209. The number of nitrogens with two attached hydrogens (primary N) is 1. The highest BCUT2D eigenvalue weighted by atomic mass is 16.6. The van der Waals surface area contributed by atoms with E-state index in [-0.39, 0.29) is 29.2 Å². The fourth-order valence-corrected chi connectivity index (χ4v) is 6.57. The van der Waals surface area contributed by atoms with Crippen LogP contribution >= 0.6 is 0 Å². The number of ether oxygens (including phenoxy) is 1. The van der Waals surface area contributed by atoms with Crippen LogP contribution in [-0.2, 0) is 10.5 Å². The molecule has 2 aromatic heterocycles. The smallest absolute Gasteiger partial charge is 0.179 e. The second-order valence-electron chi connectivity index (χ2n) is 9.73. The predicted molar refractivity (Wildman–Crippen MR) is 104 cm³/mol. The molecule has 2 aromatic rings. The van der Waals surface area contributed by atoms with Crippen LogP contribution in [0.1, 0.15) is 40.0 Å². The molecule has 0 aromatic carbocycles. The third-order valence-electron chi connectivity index (χ3n) is 8.68. The highest BCUT2D eigenvalue weighted by Gasteiger charge is 2.72. The number of aliphatic hydroxyl groups is 3. The standard InChI is InChI=1S/C20H29N5O4/c1-18(2)10-4-5-19(18,3)12(6-10)20(15(28)14(27)11(7-26)29-20)25-9-24-13-16(21)22-8-23-17(13)25/h8-12,14-15,26-28H,4-7H2,1-3H3,(H2,21,22,23)/t10?,11-,12?,14-,15-,19?,20-/m1/s1. The number of nitrogens with zero attached hydrogens (tertiary/aromatic N) is 4. The number of rotatable bonds is 3. The highest BCUT2D eigenvalue weighted by molar-refractivity contribution is 5.81. The van der Waals surface area contributed by atoms with Crippen molar-refractivity contribution in [2.75, 3.05) is 12.3 Å². The third-order valence-corrected chi connectivity index (χ3v) is 8.68. The summed E-state index contributed by atoms with van der Waals surface area (Å²) in [5.74, 6) is 0.638. The Kier molecular flexibility index (Phi) is 3.88. The average Bonchev–Trinajstić information content (AvgIpc) is 3.35. The summed E-state index contributed by atoms with van der Waals surface area (Å²) in [6, 6.07) is 0. The Hall–Kier alpha value is -1.81. The van der Waals surface area contributed by atoms with E-state index >= 15 is 0 Å². The molecule has 5 rings (SSSR count). The SMILES string of the molecule is CC1(C)C2CCC1(C)C([C@@]1(n3cnc4c(N)ncnc43)O[C@H](CO)[C@@H](O)[C@H]1O)C2. The van der Waals surface area contributed by atoms with Crippen molar-refractivity contribution in [3.63, 3.8) is 0 Å². The molecule has 2 bridgehead atoms. The quantitative estimate of drug-likeness (QED) is 0.585. The second kappa shape index (κ2) is 5.87. The van der Waals surface area contributed by atoms with E-state index < -0.39 is 24.0 Å². The lowest BCUT2D eigenvalue weighted by Gasteiger charge is -2.49. The van der Waals surface area contributed by atoms with Crippen molar-refractivity contribution >= 4 is 17.0 Å². The van der Waals surface area contributed by atoms with E-state index in [1.54, 1.807) is 10.9 Å². The molecule has 9 nitrogen and oxygen atoms in total. The molecular formula is C20H29N5O4. The fourth-order valence-electron chi connectivity index (χ4n) is 6.57. The highest BCUT2D eigenvalue weighted by Crippen LogP contribution is 2.72. The van der Waals surface area contributed by atoms with Gasteiger partial charge in [-0.05, 0) is 36.0 Å². The first-order chi connectivity index (χ1) is 13.7. The zero-order chi connectivity index (χ0) is 20.8. The zero-order valence-corrected chi connectivity index (χ0v) is 17.0. The first-order valence-electron chi connectivity index (χ1n) is 10.3. The summed E-state index contributed by atoms with van der Waals surface area (Å²) in [4.78, 5) is 12.8. The van der Waals surface area contributed by atoms with Gasteiger partial charge < -0.3 is 25.8 Å². The maximum absolute atomic E-state index is 11.4. The number of hydrogen-bond donors (Lipinski definition) is 4. The fraction of sp³-hybridized carbons (Fsp3) is 0.750. The molecule has 0 spiro atoms. The van der Waals surface area contributed by atoms with Gasteiger partial charge in [0.05, 0.1) is 12.9 Å². The Morgan fingerprint density at radius 3 is 2.59 bits per heavy atom. The van der Waals surface area contributed by atoms with Crippen LogP contribution in [0.2, 0.25) is 0 Å². The molecule has 3 unspecified atom stereocenters. The number of fused-ring (bicyclic) bond motifs is 3. The van der Waals surface area contributed by atoms with Crippen molar-refractivity contribution in [3.8, 4) is 0 Å². The van der Waals surface area contributed by atoms with Crippen molar-refractivity contribution in [1.82, 2.24) is 19.5 Å². The summed E-state index contributed by atoms with van der Waals surface area (Å²) in [7, 11) is 0. The van der Waals surface area contributed by atoms with E-state index in [0.717, 1.165) is 19.3 Å². The Labute approximate surface area is 168 Å². The van der Waals surface area contributed by atoms with Crippen LogP contribution < -0.4 is 5.73 Å². The average molecular weight is 403 g/mol. The molecule has 158 valence electrons. The van der Waals surface area contributed by atoms with Gasteiger partial charge in [0, 0.05) is 5.92 Å². The number of nitrogen functional groups attached to an aromatic ring is 1. The van der Waals surface area contributed by atoms with Crippen LogP contribution in [0.4, 0.5) is 5.82 Å². The molecule has 7 atom stereocenters. The predicted octanol–water partition coefficient (Wildman–Crippen LogP) is 0.637. The Bertz CT molecular complexity index is 963. The van der Waals surface area contributed by atoms with Gasteiger partial charge in [-0.3, -0.25) is 4.57 Å². The molecule has 0 amide bonds. The normalized spacial score (nSPS) is 43.4. The first kappa shape index (κ1) is 19.2. The minimum atomic E-state index is -1.30. The molecule has 1 saturated heterocycles. The van der Waals surface area contributed by atoms with Crippen LogP contribution in [-0.4, -0.2) is 59.8 Å². The Morgan fingerprint density at radius 2 is 2.00 bits per heavy atom. The lowest BCUT2D eigenvalue weighted by atomic mass is 9.63. The van der Waals surface area contributed by atoms with Crippen molar-refractivity contribution in [2.45, 2.75) is 64.1 Å². The van der Waals surface area contributed by atoms with Gasteiger partial charge in [0.25, 0.3) is 0 Å². The largest absolute Gasteiger partial charge is 0.394 e. The minimum absolute atomic E-state index is 0.0559. The molecular weight excluding hydrogens is 374 g/mol. The maximum atomic E-state index is 11.4. The lowest BCUT2D eigenvalue weighted by Crippen LogP contribution is -2.55. The van der Waals surface area contributed by atoms with E-state index in [9.17, 15) is 15.3 Å². The van der Waals surface area contributed by atoms with E-state index in [1.165, 1.54) is 6.33 Å². The second-order valence-corrected chi connectivity index (χ2v) is 9.73. The summed E-state index contributed by atoms with van der Waals surface area (Å²) in [6.45, 7) is 6.43. The summed E-state index contributed by atoms with van der Waals surface area (Å²) < 4.78 is 8.10. The van der Waals surface area contributed by atoms with Crippen LogP contribution in [0.25, 0.3) is 11.2 Å². The van der Waals surface area contributed by atoms with E-state index in [4.69, 9.17) is 10.5 Å². The Morgan fingerprint density at radius 1 is 1.24 bits per heavy atom. The molecule has 5 N–H and O–H groups in total. The van der Waals surface area contributed by atoms with Gasteiger partial charge in [0.2, 0.25) is 0 Å². The number of aromatic nitrogens is 4. The van der Waals surface area contributed by atoms with Gasteiger partial charge in [-0.15, -0.1) is 0 Å². The number of anilines is 1. The maximum Gasteiger partial charge on any atom is 0.179 e. The summed E-state index contributed by atoms with van der Waals surface area (Å²) >= 11 is 0. The molecule has 2 saturated carbocycles. The number of aliphatic hydroxyl groups excluding tert-OH is 3. The minimum Gasteiger partial charge on any atom is -0.394 e. The van der Waals surface area contributed by atoms with Crippen LogP contribution in [0.5, 0.6) is 0 Å². The molecule has 1 aliphatic heterocycles. The molecule has 3 aliphatic rings. The van der Waals surface area contributed by atoms with Crippen LogP contribution in [0.3, 0.4) is 0 Å². The van der Waals surface area contributed by atoms with Gasteiger partial charge in [-0.1, -0.05) is 20.8 Å². The van der Waals surface area contributed by atoms with E-state index in [1.807, 2.05) is 0 Å². The summed E-state index contributed by atoms with van der Waals surface area (Å²) in [6.07, 6.45) is 2.56.